The molecule has 1 aromatic heterocycles. The summed E-state index contributed by atoms with van der Waals surface area (Å²) < 4.78 is 34.4. The summed E-state index contributed by atoms with van der Waals surface area (Å²) in [5.41, 5.74) is 1.41. The molecule has 1 aliphatic heterocycles. The van der Waals surface area contributed by atoms with Gasteiger partial charge in [-0.25, -0.2) is 17.8 Å². The Hall–Kier alpha value is -2.04. The lowest BCUT2D eigenvalue weighted by Crippen LogP contribution is -2.48. The van der Waals surface area contributed by atoms with Crippen molar-refractivity contribution in [1.29, 1.82) is 0 Å². The number of rotatable bonds is 7. The molecule has 2 aromatic rings. The summed E-state index contributed by atoms with van der Waals surface area (Å²) in [6.07, 6.45) is 6.34. The molecule has 2 fully saturated rings. The van der Waals surface area contributed by atoms with E-state index in [9.17, 15) is 8.42 Å². The summed E-state index contributed by atoms with van der Waals surface area (Å²) >= 11 is 0. The normalized spacial score (nSPS) is 27.5. The number of tetrazole rings is 1. The molecule has 0 unspecified atom stereocenters. The van der Waals surface area contributed by atoms with Crippen LogP contribution >= 0.6 is 0 Å². The predicted molar refractivity (Wildman–Crippen MR) is 114 cm³/mol. The van der Waals surface area contributed by atoms with E-state index in [0.717, 1.165) is 25.7 Å². The fourth-order valence-corrected chi connectivity index (χ4v) is 5.54. The summed E-state index contributed by atoms with van der Waals surface area (Å²) in [5, 5.41) is 11.8. The maximum absolute atomic E-state index is 11.9. The zero-order valence-corrected chi connectivity index (χ0v) is 18.3. The van der Waals surface area contributed by atoms with Crippen LogP contribution in [0.4, 0.5) is 5.95 Å². The van der Waals surface area contributed by atoms with Crippen LogP contribution in [0.1, 0.15) is 43.6 Å². The number of anilines is 1. The van der Waals surface area contributed by atoms with E-state index in [1.807, 2.05) is 0 Å². The standard InChI is InChI=1S/C20H30N6O3S/c1-25-20(21-23-24-25)26-13-12-18(22-30(2,27)28)19(26)14-29-17-10-8-16(9-11-17)15-6-4-3-5-7-15/h3-7,16-19,22H,8-14H2,1-2H3/t16-,17+,18-,19-/m0/s1. The first kappa shape index (κ1) is 21.2. The van der Waals surface area contributed by atoms with Gasteiger partial charge in [0.1, 0.15) is 0 Å². The highest BCUT2D eigenvalue weighted by atomic mass is 32.2. The number of hydrogen-bond donors (Lipinski definition) is 1. The van der Waals surface area contributed by atoms with Gasteiger partial charge in [0, 0.05) is 19.6 Å². The minimum absolute atomic E-state index is 0.142. The summed E-state index contributed by atoms with van der Waals surface area (Å²) in [6, 6.07) is 10.3. The fraction of sp³-hybridized carbons (Fsp3) is 0.650. The first-order valence-corrected chi connectivity index (χ1v) is 12.4. The monoisotopic (exact) mass is 434 g/mol. The second-order valence-electron chi connectivity index (χ2n) is 8.37. The SMILES string of the molecule is Cn1nnnc1N1CC[C@H](NS(C)(=O)=O)[C@@H]1CO[C@H]1CC[C@@H](c2ccccc2)CC1. The number of sulfonamides is 1. The Labute approximate surface area is 177 Å². The van der Waals surface area contributed by atoms with E-state index < -0.39 is 10.0 Å². The third-order valence-electron chi connectivity index (χ3n) is 6.21. The number of nitrogens with zero attached hydrogens (tertiary/aromatic N) is 5. The second kappa shape index (κ2) is 8.99. The van der Waals surface area contributed by atoms with Gasteiger partial charge in [-0.05, 0) is 54.0 Å². The summed E-state index contributed by atoms with van der Waals surface area (Å²) in [6.45, 7) is 1.12. The number of aryl methyl sites for hydroxylation is 1. The van der Waals surface area contributed by atoms with Crippen molar-refractivity contribution in [3.05, 3.63) is 35.9 Å². The van der Waals surface area contributed by atoms with Crippen LogP contribution < -0.4 is 9.62 Å². The zero-order chi connectivity index (χ0) is 21.1. The molecule has 4 rings (SSSR count). The van der Waals surface area contributed by atoms with E-state index in [0.29, 0.717) is 31.4 Å². The van der Waals surface area contributed by atoms with Crippen molar-refractivity contribution in [3.8, 4) is 0 Å². The Bertz CT molecular complexity index is 927. The first-order chi connectivity index (χ1) is 14.4. The molecule has 2 atom stereocenters. The molecule has 0 bridgehead atoms. The largest absolute Gasteiger partial charge is 0.376 e. The Morgan fingerprint density at radius 3 is 2.50 bits per heavy atom. The topological polar surface area (TPSA) is 102 Å². The van der Waals surface area contributed by atoms with E-state index >= 15 is 0 Å². The van der Waals surface area contributed by atoms with Gasteiger partial charge in [0.15, 0.2) is 0 Å². The molecule has 2 heterocycles. The van der Waals surface area contributed by atoms with Gasteiger partial charge in [-0.2, -0.15) is 0 Å². The molecule has 1 saturated heterocycles. The van der Waals surface area contributed by atoms with Crippen LogP contribution in [-0.2, 0) is 21.8 Å². The molecule has 1 N–H and O–H groups in total. The van der Waals surface area contributed by atoms with Crippen molar-refractivity contribution in [2.24, 2.45) is 7.05 Å². The average Bonchev–Trinajstić information content (AvgIpc) is 3.31. The molecule has 1 saturated carbocycles. The highest BCUT2D eigenvalue weighted by Crippen LogP contribution is 2.34. The molecule has 0 radical (unpaired) electrons. The van der Waals surface area contributed by atoms with E-state index in [2.05, 4.69) is 55.5 Å². The minimum Gasteiger partial charge on any atom is -0.376 e. The smallest absolute Gasteiger partial charge is 0.245 e. The van der Waals surface area contributed by atoms with Crippen molar-refractivity contribution in [1.82, 2.24) is 24.9 Å². The molecule has 10 heteroatoms. The third kappa shape index (κ3) is 4.98. The number of ether oxygens (including phenoxy) is 1. The number of aromatic nitrogens is 4. The lowest BCUT2D eigenvalue weighted by molar-refractivity contribution is 0.0155. The van der Waals surface area contributed by atoms with Gasteiger partial charge < -0.3 is 9.64 Å². The van der Waals surface area contributed by atoms with Crippen molar-refractivity contribution >= 4 is 16.0 Å². The van der Waals surface area contributed by atoms with Crippen LogP contribution in [0.2, 0.25) is 0 Å². The van der Waals surface area contributed by atoms with E-state index in [1.54, 1.807) is 11.7 Å². The Morgan fingerprint density at radius 1 is 1.13 bits per heavy atom. The molecule has 30 heavy (non-hydrogen) atoms. The fourth-order valence-electron chi connectivity index (χ4n) is 4.71. The molecule has 2 aliphatic rings. The lowest BCUT2D eigenvalue weighted by atomic mass is 9.83. The second-order valence-corrected chi connectivity index (χ2v) is 10.1. The Balaban J connectivity index is 1.38. The number of hydrogen-bond acceptors (Lipinski definition) is 7. The first-order valence-electron chi connectivity index (χ1n) is 10.5. The van der Waals surface area contributed by atoms with Gasteiger partial charge >= 0.3 is 0 Å². The molecule has 0 amide bonds. The van der Waals surface area contributed by atoms with Gasteiger partial charge in [-0.1, -0.05) is 35.4 Å². The van der Waals surface area contributed by atoms with Crippen LogP contribution in [0.3, 0.4) is 0 Å². The Kier molecular flexibility index (Phi) is 6.35. The van der Waals surface area contributed by atoms with E-state index in [4.69, 9.17) is 4.74 Å². The molecule has 1 aliphatic carbocycles. The Morgan fingerprint density at radius 2 is 1.87 bits per heavy atom. The van der Waals surface area contributed by atoms with Gasteiger partial charge in [-0.3, -0.25) is 0 Å². The van der Waals surface area contributed by atoms with Crippen LogP contribution in [-0.4, -0.2) is 66.2 Å². The number of benzene rings is 1. The molecule has 164 valence electrons. The quantitative estimate of drug-likeness (QED) is 0.704. The zero-order valence-electron chi connectivity index (χ0n) is 17.5. The summed E-state index contributed by atoms with van der Waals surface area (Å²) in [7, 11) is -1.53. The molecule has 1 aromatic carbocycles. The van der Waals surface area contributed by atoms with Crippen molar-refractivity contribution in [2.75, 3.05) is 24.3 Å². The molecular weight excluding hydrogens is 404 g/mol. The van der Waals surface area contributed by atoms with E-state index in [1.165, 1.54) is 11.8 Å². The van der Waals surface area contributed by atoms with Crippen molar-refractivity contribution in [2.45, 2.75) is 56.2 Å². The molecule has 9 nitrogen and oxygen atoms in total. The van der Waals surface area contributed by atoms with Crippen LogP contribution in [0.5, 0.6) is 0 Å². The van der Waals surface area contributed by atoms with E-state index in [-0.39, 0.29) is 18.2 Å². The average molecular weight is 435 g/mol. The minimum atomic E-state index is -3.31. The maximum atomic E-state index is 11.9. The maximum Gasteiger partial charge on any atom is 0.245 e. The predicted octanol–water partition coefficient (Wildman–Crippen LogP) is 1.45. The molecular formula is C20H30N6O3S. The van der Waals surface area contributed by atoms with Crippen molar-refractivity contribution in [3.63, 3.8) is 0 Å². The number of nitrogens with one attached hydrogen (secondary N) is 1. The summed E-state index contributed by atoms with van der Waals surface area (Å²) in [4.78, 5) is 2.05. The molecule has 0 spiro atoms. The van der Waals surface area contributed by atoms with Crippen LogP contribution in [0, 0.1) is 0 Å². The summed E-state index contributed by atoms with van der Waals surface area (Å²) in [5.74, 6) is 1.23. The highest BCUT2D eigenvalue weighted by Gasteiger charge is 2.39. The highest BCUT2D eigenvalue weighted by molar-refractivity contribution is 7.88. The van der Waals surface area contributed by atoms with Gasteiger partial charge in [0.2, 0.25) is 16.0 Å². The van der Waals surface area contributed by atoms with Crippen LogP contribution in [0.15, 0.2) is 30.3 Å². The lowest BCUT2D eigenvalue weighted by Gasteiger charge is -2.32. The van der Waals surface area contributed by atoms with Gasteiger partial charge in [0.25, 0.3) is 0 Å². The van der Waals surface area contributed by atoms with Gasteiger partial charge in [-0.15, -0.1) is 0 Å². The van der Waals surface area contributed by atoms with Gasteiger partial charge in [0.05, 0.1) is 25.0 Å². The third-order valence-corrected chi connectivity index (χ3v) is 6.94. The van der Waals surface area contributed by atoms with Crippen LogP contribution in [0.25, 0.3) is 0 Å². The van der Waals surface area contributed by atoms with Crippen molar-refractivity contribution < 1.29 is 13.2 Å².